The molecular formula is C13H10F8N2O5S. The molecule has 1 aliphatic heterocycles. The molecule has 7 nitrogen and oxygen atoms in total. The molecular weight excluding hydrogens is 448 g/mol. The average molecular weight is 458 g/mol. The Balaban J connectivity index is 2.56. The molecule has 1 aromatic rings. The second-order valence-electron chi connectivity index (χ2n) is 5.63. The molecule has 1 N–H and O–H groups in total. The van der Waals surface area contributed by atoms with Crippen LogP contribution in [0.4, 0.5) is 32.6 Å². The number of nitrogens with one attached hydrogen (secondary N) is 1. The molecule has 29 heavy (non-hydrogen) atoms. The Labute approximate surface area is 156 Å². The molecule has 0 spiro atoms. The lowest BCUT2D eigenvalue weighted by Crippen LogP contribution is -2.56. The van der Waals surface area contributed by atoms with Gasteiger partial charge in [0, 0.05) is 5.56 Å². The molecule has 16 heteroatoms. The third-order valence-corrected chi connectivity index (χ3v) is 4.56. The van der Waals surface area contributed by atoms with E-state index in [0.29, 0.717) is 6.08 Å². The highest BCUT2D eigenvalue weighted by molar-refractivity contribution is 8.45. The van der Waals surface area contributed by atoms with E-state index in [2.05, 4.69) is 19.6 Å². The van der Waals surface area contributed by atoms with Gasteiger partial charge in [-0.3, -0.25) is 0 Å². The van der Waals surface area contributed by atoms with Crippen molar-refractivity contribution in [1.82, 2.24) is 0 Å². The number of carbonyl (C=O) groups is 1. The predicted molar refractivity (Wildman–Crippen MR) is 79.8 cm³/mol. The molecule has 1 heterocycles. The van der Waals surface area contributed by atoms with Crippen molar-refractivity contribution in [3.63, 3.8) is 0 Å². The number of aryl methyl sites for hydroxylation is 1. The van der Waals surface area contributed by atoms with E-state index in [1.807, 2.05) is 0 Å². The summed E-state index contributed by atoms with van der Waals surface area (Å²) in [4.78, 5) is 13.5. The summed E-state index contributed by atoms with van der Waals surface area (Å²) in [5, 5.41) is 13.1. The topological polar surface area (TPSA) is 94.2 Å². The van der Waals surface area contributed by atoms with E-state index < -0.39 is 62.6 Å². The second-order valence-corrected chi connectivity index (χ2v) is 8.04. The number of alkyl halides is 3. The van der Waals surface area contributed by atoms with Crippen LogP contribution in [0.15, 0.2) is 27.9 Å². The van der Waals surface area contributed by atoms with Gasteiger partial charge < -0.3 is 19.5 Å². The second kappa shape index (κ2) is 6.36. The van der Waals surface area contributed by atoms with Crippen molar-refractivity contribution in [2.45, 2.75) is 24.1 Å². The minimum absolute atomic E-state index is 0.0454. The number of esters is 1. The van der Waals surface area contributed by atoms with Crippen LogP contribution in [0, 0.1) is 12.1 Å². The molecule has 0 saturated heterocycles. The van der Waals surface area contributed by atoms with Crippen LogP contribution < -0.4 is 10.0 Å². The maximum Gasteiger partial charge on any atom is 0.430 e. The molecule has 1 aliphatic rings. The summed E-state index contributed by atoms with van der Waals surface area (Å²) in [6.45, 7) is -0.297. The Bertz CT molecular complexity index is 898. The van der Waals surface area contributed by atoms with Gasteiger partial charge in [0.2, 0.25) is 11.4 Å². The molecule has 0 radical (unpaired) electrons. The van der Waals surface area contributed by atoms with Gasteiger partial charge in [0.05, 0.1) is 5.57 Å². The molecule has 1 atom stereocenters. The molecule has 164 valence electrons. The average Bonchev–Trinajstić information content (AvgIpc) is 2.54. The summed E-state index contributed by atoms with van der Waals surface area (Å²) in [6, 6.07) is -0.173. The number of carbonyl (C=O) groups excluding carboxylic acids is 1. The SMILES string of the molecule is Cc1cc(S(F)(F)(F)(F)F)cc2c1O[C@H](C(F)(F)F)C(C(=O)OCO/N=[NH+]\[O-])=C2. The highest BCUT2D eigenvalue weighted by Crippen LogP contribution is 3.02. The standard InChI is InChI=1S/C13H10F8N2O5S/c1-6-2-8(29(17,18,19,20)21)3-7-4-9(12(24)26-5-27-23-22-25)11(13(14,15)16)28-10(6)7/h2-4,11,22H,5H2,1H3/t11-/m0/s1. The van der Waals surface area contributed by atoms with Crippen LogP contribution in [0.1, 0.15) is 11.1 Å². The zero-order valence-electron chi connectivity index (χ0n) is 13.9. The van der Waals surface area contributed by atoms with Gasteiger partial charge in [0.1, 0.15) is 10.6 Å². The molecule has 0 amide bonds. The maximum atomic E-state index is 13.2. The van der Waals surface area contributed by atoms with Crippen molar-refractivity contribution in [2.75, 3.05) is 6.79 Å². The van der Waals surface area contributed by atoms with Crippen LogP contribution in [0.25, 0.3) is 6.08 Å². The maximum absolute atomic E-state index is 13.2. The highest BCUT2D eigenvalue weighted by atomic mass is 32.5. The van der Waals surface area contributed by atoms with Gasteiger partial charge >= 0.3 is 22.4 Å². The summed E-state index contributed by atoms with van der Waals surface area (Å²) in [7, 11) is -10.2. The van der Waals surface area contributed by atoms with Crippen molar-refractivity contribution in [3.8, 4) is 5.75 Å². The molecule has 0 aliphatic carbocycles. The normalized spacial score (nSPS) is 19.5. The van der Waals surface area contributed by atoms with Gasteiger partial charge in [0.25, 0.3) is 6.79 Å². The Kier molecular flexibility index (Phi) is 4.94. The number of halogens is 8. The van der Waals surface area contributed by atoms with Gasteiger partial charge in [0.15, 0.2) is 0 Å². The van der Waals surface area contributed by atoms with Gasteiger partial charge in [-0.15, -0.1) is 0 Å². The van der Waals surface area contributed by atoms with Gasteiger partial charge in [-0.1, -0.05) is 24.7 Å². The first-order chi connectivity index (χ1) is 12.9. The molecule has 0 aromatic heterocycles. The van der Waals surface area contributed by atoms with E-state index >= 15 is 0 Å². The molecule has 0 bridgehead atoms. The fraction of sp³-hybridized carbons (Fsp3) is 0.308. The lowest BCUT2D eigenvalue weighted by atomic mass is 9.99. The van der Waals surface area contributed by atoms with Gasteiger partial charge in [-0.05, 0) is 30.7 Å². The summed E-state index contributed by atoms with van der Waals surface area (Å²) in [6.07, 6.45) is -7.88. The lowest BCUT2D eigenvalue weighted by molar-refractivity contribution is -0.498. The number of hydrogen-bond acceptors (Lipinski definition) is 6. The Morgan fingerprint density at radius 2 is 1.90 bits per heavy atom. The summed E-state index contributed by atoms with van der Waals surface area (Å²) in [5.74, 6) is -2.52. The molecule has 2 rings (SSSR count). The zero-order valence-corrected chi connectivity index (χ0v) is 14.8. The molecule has 1 aromatic carbocycles. The summed E-state index contributed by atoms with van der Waals surface area (Å²) >= 11 is 0. The van der Waals surface area contributed by atoms with Crippen molar-refractivity contribution in [1.29, 1.82) is 0 Å². The zero-order chi connectivity index (χ0) is 22.3. The number of fused-ring (bicyclic) bond motifs is 1. The minimum Gasteiger partial charge on any atom is -0.599 e. The quantitative estimate of drug-likeness (QED) is 0.181. The van der Waals surface area contributed by atoms with E-state index in [4.69, 9.17) is 0 Å². The van der Waals surface area contributed by atoms with E-state index in [1.54, 1.807) is 0 Å². The van der Waals surface area contributed by atoms with Crippen molar-refractivity contribution < 1.29 is 57.0 Å². The number of benzene rings is 1. The van der Waals surface area contributed by atoms with Crippen molar-refractivity contribution >= 4 is 22.3 Å². The number of nitrogens with zero attached hydrogens (tertiary/aromatic N) is 1. The van der Waals surface area contributed by atoms with E-state index in [1.165, 1.54) is 0 Å². The fourth-order valence-electron chi connectivity index (χ4n) is 2.31. The summed E-state index contributed by atoms with van der Waals surface area (Å²) in [5.41, 5.74) is -2.83. The van der Waals surface area contributed by atoms with E-state index in [-0.39, 0.29) is 12.1 Å². The third kappa shape index (κ3) is 5.18. The molecule has 0 fully saturated rings. The highest BCUT2D eigenvalue weighted by Gasteiger charge is 2.65. The first-order valence-electron chi connectivity index (χ1n) is 7.14. The van der Waals surface area contributed by atoms with E-state index in [9.17, 15) is 42.6 Å². The van der Waals surface area contributed by atoms with Crippen LogP contribution in [0.3, 0.4) is 0 Å². The van der Waals surface area contributed by atoms with E-state index in [0.717, 1.165) is 12.2 Å². The lowest BCUT2D eigenvalue weighted by Gasteiger charge is -2.41. The fourth-order valence-corrected chi connectivity index (χ4v) is 3.06. The van der Waals surface area contributed by atoms with Gasteiger partial charge in [-0.2, -0.15) is 13.2 Å². The van der Waals surface area contributed by atoms with Gasteiger partial charge in [-0.25, -0.2) is 4.79 Å². The minimum atomic E-state index is -10.2. The van der Waals surface area contributed by atoms with Crippen LogP contribution in [-0.4, -0.2) is 25.0 Å². The van der Waals surface area contributed by atoms with Crippen LogP contribution >= 0.6 is 10.2 Å². The summed E-state index contributed by atoms with van der Waals surface area (Å²) < 4.78 is 114. The Hall–Kier alpha value is -2.78. The van der Waals surface area contributed by atoms with Crippen LogP contribution in [-0.2, 0) is 14.4 Å². The van der Waals surface area contributed by atoms with Crippen molar-refractivity contribution in [3.05, 3.63) is 34.0 Å². The molecule has 0 unspecified atom stereocenters. The van der Waals surface area contributed by atoms with Crippen LogP contribution in [0.5, 0.6) is 5.75 Å². The first kappa shape index (κ1) is 22.5. The monoisotopic (exact) mass is 458 g/mol. The van der Waals surface area contributed by atoms with Crippen LogP contribution in [0.2, 0.25) is 0 Å². The third-order valence-electron chi connectivity index (χ3n) is 3.43. The Morgan fingerprint density at radius 1 is 1.28 bits per heavy atom. The number of ether oxygens (including phenoxy) is 2. The number of rotatable bonds is 5. The Morgan fingerprint density at radius 3 is 2.41 bits per heavy atom. The smallest absolute Gasteiger partial charge is 0.430 e. The predicted octanol–water partition coefficient (Wildman–Crippen LogP) is 3.82. The largest absolute Gasteiger partial charge is 0.599 e. The number of hydrogen-bond donors (Lipinski definition) is 1. The molecule has 0 saturated carbocycles. The first-order valence-corrected chi connectivity index (χ1v) is 9.09. The van der Waals surface area contributed by atoms with Crippen molar-refractivity contribution in [2.24, 2.45) is 5.28 Å².